The molecular formula is C18H13ClF2N2O2. The van der Waals surface area contributed by atoms with Gasteiger partial charge in [0, 0.05) is 17.9 Å². The second-order valence-corrected chi connectivity index (χ2v) is 5.71. The summed E-state index contributed by atoms with van der Waals surface area (Å²) in [5, 5.41) is 2.70. The Hall–Kier alpha value is -2.73. The molecule has 3 aromatic rings. The van der Waals surface area contributed by atoms with Crippen LogP contribution < -0.4 is 5.32 Å². The van der Waals surface area contributed by atoms with E-state index in [9.17, 15) is 13.6 Å². The number of carbonyl (C=O) groups excluding carboxylic acids is 1. The van der Waals surface area contributed by atoms with Gasteiger partial charge in [-0.2, -0.15) is 0 Å². The van der Waals surface area contributed by atoms with Gasteiger partial charge in [0.1, 0.15) is 11.6 Å². The summed E-state index contributed by atoms with van der Waals surface area (Å²) in [5.74, 6) is -0.839. The van der Waals surface area contributed by atoms with Gasteiger partial charge in [-0.05, 0) is 30.3 Å². The summed E-state index contributed by atoms with van der Waals surface area (Å²) < 4.78 is 32.8. The number of carbonyl (C=O) groups is 1. The lowest BCUT2D eigenvalue weighted by Gasteiger charge is -2.05. The molecule has 0 aliphatic rings. The van der Waals surface area contributed by atoms with Crippen LogP contribution in [0, 0.1) is 11.6 Å². The summed E-state index contributed by atoms with van der Waals surface area (Å²) in [7, 11) is 0. The number of aromatic nitrogens is 1. The van der Waals surface area contributed by atoms with Crippen LogP contribution in [-0.2, 0) is 11.2 Å². The zero-order valence-electron chi connectivity index (χ0n) is 12.9. The Labute approximate surface area is 147 Å². The molecule has 4 nitrogen and oxygen atoms in total. The van der Waals surface area contributed by atoms with Crippen LogP contribution in [0.15, 0.2) is 53.1 Å². The van der Waals surface area contributed by atoms with E-state index in [4.69, 9.17) is 16.0 Å². The van der Waals surface area contributed by atoms with E-state index in [1.54, 1.807) is 18.2 Å². The van der Waals surface area contributed by atoms with Gasteiger partial charge < -0.3 is 9.73 Å². The summed E-state index contributed by atoms with van der Waals surface area (Å²) in [6.45, 7) is 0. The molecule has 0 bridgehead atoms. The van der Waals surface area contributed by atoms with Crippen molar-refractivity contribution in [2.75, 3.05) is 5.32 Å². The van der Waals surface area contributed by atoms with Crippen molar-refractivity contribution in [1.82, 2.24) is 4.98 Å². The second kappa shape index (κ2) is 7.44. The second-order valence-electron chi connectivity index (χ2n) is 5.27. The maximum atomic E-state index is 13.7. The highest BCUT2D eigenvalue weighted by molar-refractivity contribution is 6.30. The molecule has 0 aliphatic heterocycles. The van der Waals surface area contributed by atoms with Crippen molar-refractivity contribution in [3.8, 4) is 11.3 Å². The minimum Gasteiger partial charge on any atom is -0.441 e. The van der Waals surface area contributed by atoms with Gasteiger partial charge in [0.05, 0.1) is 17.4 Å². The summed E-state index contributed by atoms with van der Waals surface area (Å²) >= 11 is 5.66. The summed E-state index contributed by atoms with van der Waals surface area (Å²) in [5.41, 5.74) is 0.350. The van der Waals surface area contributed by atoms with Crippen molar-refractivity contribution in [3.05, 3.63) is 71.2 Å². The number of amides is 1. The number of benzene rings is 2. The molecule has 2 aromatic carbocycles. The summed E-state index contributed by atoms with van der Waals surface area (Å²) in [4.78, 5) is 16.0. The fourth-order valence-electron chi connectivity index (χ4n) is 2.24. The summed E-state index contributed by atoms with van der Waals surface area (Å²) in [6, 6.07) is 10.2. The maximum absolute atomic E-state index is 13.7. The molecule has 1 aromatic heterocycles. The lowest BCUT2D eigenvalue weighted by atomic mass is 10.2. The first-order chi connectivity index (χ1) is 12.0. The first-order valence-electron chi connectivity index (χ1n) is 7.47. The van der Waals surface area contributed by atoms with Gasteiger partial charge >= 0.3 is 0 Å². The van der Waals surface area contributed by atoms with Crippen LogP contribution in [0.3, 0.4) is 0 Å². The first kappa shape index (κ1) is 17.1. The van der Waals surface area contributed by atoms with Crippen molar-refractivity contribution in [2.24, 2.45) is 0 Å². The Morgan fingerprint density at radius 1 is 1.16 bits per heavy atom. The van der Waals surface area contributed by atoms with Gasteiger partial charge in [0.25, 0.3) is 0 Å². The van der Waals surface area contributed by atoms with Crippen LogP contribution in [0.4, 0.5) is 14.5 Å². The predicted molar refractivity (Wildman–Crippen MR) is 90.3 cm³/mol. The number of rotatable bonds is 5. The number of anilines is 1. The molecule has 3 rings (SSSR count). The van der Waals surface area contributed by atoms with Gasteiger partial charge in [0.15, 0.2) is 11.7 Å². The normalized spacial score (nSPS) is 10.7. The molecule has 7 heteroatoms. The van der Waals surface area contributed by atoms with Crippen molar-refractivity contribution < 1.29 is 18.0 Å². The van der Waals surface area contributed by atoms with Crippen LogP contribution in [-0.4, -0.2) is 10.9 Å². The minimum atomic E-state index is -0.612. The molecule has 0 atom stereocenters. The Morgan fingerprint density at radius 2 is 1.96 bits per heavy atom. The third kappa shape index (κ3) is 4.22. The Morgan fingerprint density at radius 3 is 2.72 bits per heavy atom. The molecule has 0 unspecified atom stereocenters. The minimum absolute atomic E-state index is 0.0410. The SMILES string of the molecule is O=C(CCc1ncc(-c2ccccc2F)o1)Nc1ccc(Cl)cc1F. The number of aryl methyl sites for hydroxylation is 1. The topological polar surface area (TPSA) is 55.1 Å². The van der Waals surface area contributed by atoms with Crippen LogP contribution in [0.2, 0.25) is 5.02 Å². The van der Waals surface area contributed by atoms with E-state index in [2.05, 4.69) is 10.3 Å². The van der Waals surface area contributed by atoms with E-state index in [0.717, 1.165) is 6.07 Å². The third-order valence-corrected chi connectivity index (χ3v) is 3.70. The largest absolute Gasteiger partial charge is 0.441 e. The van der Waals surface area contributed by atoms with Gasteiger partial charge in [-0.15, -0.1) is 0 Å². The fourth-order valence-corrected chi connectivity index (χ4v) is 2.39. The van der Waals surface area contributed by atoms with E-state index in [0.29, 0.717) is 11.5 Å². The molecule has 128 valence electrons. The lowest BCUT2D eigenvalue weighted by Crippen LogP contribution is -2.13. The van der Waals surface area contributed by atoms with Crippen molar-refractivity contribution in [1.29, 1.82) is 0 Å². The highest BCUT2D eigenvalue weighted by Crippen LogP contribution is 2.24. The zero-order valence-corrected chi connectivity index (χ0v) is 13.7. The van der Waals surface area contributed by atoms with E-state index in [-0.39, 0.29) is 29.3 Å². The monoisotopic (exact) mass is 362 g/mol. The molecule has 1 amide bonds. The van der Waals surface area contributed by atoms with Crippen LogP contribution >= 0.6 is 11.6 Å². The average Bonchev–Trinajstić information content (AvgIpc) is 3.05. The standard InChI is InChI=1S/C18H13ClF2N2O2/c19-11-5-6-15(14(21)9-11)23-17(24)7-8-18-22-10-16(25-18)12-3-1-2-4-13(12)20/h1-6,9-10H,7-8H2,(H,23,24). The van der Waals surface area contributed by atoms with E-state index in [1.807, 2.05) is 0 Å². The number of nitrogens with zero attached hydrogens (tertiary/aromatic N) is 1. The van der Waals surface area contributed by atoms with Crippen molar-refractivity contribution >= 4 is 23.2 Å². The third-order valence-electron chi connectivity index (χ3n) is 3.46. The molecule has 1 N–H and O–H groups in total. The molecule has 0 saturated carbocycles. The van der Waals surface area contributed by atoms with Crippen LogP contribution in [0.5, 0.6) is 0 Å². The summed E-state index contributed by atoms with van der Waals surface area (Å²) in [6.07, 6.45) is 1.65. The maximum Gasteiger partial charge on any atom is 0.224 e. The Kier molecular flexibility index (Phi) is 5.09. The smallest absolute Gasteiger partial charge is 0.224 e. The molecular weight excluding hydrogens is 350 g/mol. The van der Waals surface area contributed by atoms with Gasteiger partial charge in [-0.25, -0.2) is 13.8 Å². The Bertz CT molecular complexity index is 912. The van der Waals surface area contributed by atoms with E-state index >= 15 is 0 Å². The molecule has 0 saturated heterocycles. The number of halogens is 3. The molecule has 25 heavy (non-hydrogen) atoms. The van der Waals surface area contributed by atoms with E-state index in [1.165, 1.54) is 24.4 Å². The number of nitrogens with one attached hydrogen (secondary N) is 1. The molecule has 1 heterocycles. The molecule has 0 aliphatic carbocycles. The highest BCUT2D eigenvalue weighted by atomic mass is 35.5. The quantitative estimate of drug-likeness (QED) is 0.706. The molecule has 0 spiro atoms. The van der Waals surface area contributed by atoms with Gasteiger partial charge in [-0.1, -0.05) is 23.7 Å². The first-order valence-corrected chi connectivity index (χ1v) is 7.85. The molecule has 0 fully saturated rings. The number of hydrogen-bond donors (Lipinski definition) is 1. The Balaban J connectivity index is 1.60. The predicted octanol–water partition coefficient (Wildman–Crippen LogP) is 4.84. The van der Waals surface area contributed by atoms with Crippen molar-refractivity contribution in [2.45, 2.75) is 12.8 Å². The van der Waals surface area contributed by atoms with Crippen molar-refractivity contribution in [3.63, 3.8) is 0 Å². The van der Waals surface area contributed by atoms with Gasteiger partial charge in [0.2, 0.25) is 5.91 Å². The average molecular weight is 363 g/mol. The van der Waals surface area contributed by atoms with Gasteiger partial charge in [-0.3, -0.25) is 4.79 Å². The lowest BCUT2D eigenvalue weighted by molar-refractivity contribution is -0.116. The van der Waals surface area contributed by atoms with Crippen LogP contribution in [0.1, 0.15) is 12.3 Å². The van der Waals surface area contributed by atoms with Crippen LogP contribution in [0.25, 0.3) is 11.3 Å². The molecule has 0 radical (unpaired) electrons. The number of hydrogen-bond acceptors (Lipinski definition) is 3. The zero-order chi connectivity index (χ0) is 17.8. The highest BCUT2D eigenvalue weighted by Gasteiger charge is 2.13. The fraction of sp³-hybridized carbons (Fsp3) is 0.111. The van der Waals surface area contributed by atoms with E-state index < -0.39 is 17.5 Å². The number of oxazole rings is 1.